The molecule has 0 aliphatic rings. The number of carboxylic acids is 1. The minimum Gasteiger partial charge on any atom is -0.480 e. The van der Waals surface area contributed by atoms with Crippen molar-refractivity contribution in [1.29, 1.82) is 0 Å². The highest BCUT2D eigenvalue weighted by Crippen LogP contribution is 2.13. The average Bonchev–Trinajstić information content (AvgIpc) is 2.56. The molecule has 140 valence electrons. The summed E-state index contributed by atoms with van der Waals surface area (Å²) in [6, 6.07) is 8.23. The summed E-state index contributed by atoms with van der Waals surface area (Å²) < 4.78 is 1.11. The van der Waals surface area contributed by atoms with Crippen molar-refractivity contribution in [3.05, 3.63) is 56.6 Å². The lowest BCUT2D eigenvalue weighted by molar-refractivity contribution is -0.137. The number of aliphatic carboxylic acids is 1. The first-order valence-corrected chi connectivity index (χ1v) is 8.61. The van der Waals surface area contributed by atoms with Crippen molar-refractivity contribution in [2.45, 2.75) is 26.4 Å². The predicted octanol–water partition coefficient (Wildman–Crippen LogP) is 2.01. The van der Waals surface area contributed by atoms with Crippen LogP contribution in [0.1, 0.15) is 16.8 Å². The summed E-state index contributed by atoms with van der Waals surface area (Å²) in [6.45, 7) is 2.46. The molecule has 2 rings (SSSR count). The summed E-state index contributed by atoms with van der Waals surface area (Å²) in [5.41, 5.74) is 2.20. The molecule has 2 aromatic rings. The molecule has 8 heteroatoms. The summed E-state index contributed by atoms with van der Waals surface area (Å²) in [4.78, 5) is 29.5. The van der Waals surface area contributed by atoms with E-state index in [-0.39, 0.29) is 11.0 Å². The quantitative estimate of drug-likeness (QED) is 0.730. The van der Waals surface area contributed by atoms with Gasteiger partial charge in [-0.1, -0.05) is 35.9 Å². The van der Waals surface area contributed by atoms with Crippen molar-refractivity contribution in [3.63, 3.8) is 0 Å². The lowest BCUT2D eigenvalue weighted by Gasteiger charge is -2.13. The first kappa shape index (κ1) is 19.9. The van der Waals surface area contributed by atoms with Crippen LogP contribution in [0.2, 0.25) is 5.15 Å². The molecule has 0 atom stereocenters. The molecule has 0 amide bonds. The summed E-state index contributed by atoms with van der Waals surface area (Å²) in [5.74, 6) is -1.05. The Balaban J connectivity index is 2.09. The second kappa shape index (κ2) is 8.82. The maximum atomic E-state index is 12.4. The fourth-order valence-corrected chi connectivity index (χ4v) is 2.82. The Morgan fingerprint density at radius 3 is 2.69 bits per heavy atom. The van der Waals surface area contributed by atoms with Gasteiger partial charge >= 0.3 is 5.97 Å². The van der Waals surface area contributed by atoms with Gasteiger partial charge in [-0.3, -0.25) is 14.2 Å². The van der Waals surface area contributed by atoms with E-state index in [2.05, 4.69) is 27.3 Å². The van der Waals surface area contributed by atoms with Crippen LogP contribution in [-0.4, -0.2) is 46.2 Å². The minimum absolute atomic E-state index is 0.0614. The van der Waals surface area contributed by atoms with E-state index in [0.717, 1.165) is 16.7 Å². The maximum Gasteiger partial charge on any atom is 0.323 e. The van der Waals surface area contributed by atoms with Crippen molar-refractivity contribution in [2.24, 2.45) is 0 Å². The highest BCUT2D eigenvalue weighted by Gasteiger charge is 2.14. The van der Waals surface area contributed by atoms with E-state index in [0.29, 0.717) is 18.7 Å². The molecule has 26 heavy (non-hydrogen) atoms. The van der Waals surface area contributed by atoms with Crippen molar-refractivity contribution < 1.29 is 9.90 Å². The number of rotatable bonds is 8. The fraction of sp³-hybridized carbons (Fsp3) is 0.389. The zero-order valence-corrected chi connectivity index (χ0v) is 15.9. The number of carboxylic acid groups (broad SMARTS) is 1. The summed E-state index contributed by atoms with van der Waals surface area (Å²) in [5, 5.41) is 12.0. The van der Waals surface area contributed by atoms with Crippen molar-refractivity contribution >= 4 is 23.4 Å². The van der Waals surface area contributed by atoms with Gasteiger partial charge in [0, 0.05) is 13.1 Å². The number of halogens is 1. The highest BCUT2D eigenvalue weighted by molar-refractivity contribution is 6.30. The molecule has 0 aliphatic carbocycles. The normalized spacial score (nSPS) is 11.0. The molecule has 0 bridgehead atoms. The number of aromatic nitrogens is 2. The highest BCUT2D eigenvalue weighted by atomic mass is 35.5. The molecular weight excluding hydrogens is 356 g/mol. The van der Waals surface area contributed by atoms with Gasteiger partial charge in [-0.05, 0) is 38.6 Å². The molecule has 0 radical (unpaired) electrons. The smallest absolute Gasteiger partial charge is 0.323 e. The van der Waals surface area contributed by atoms with Crippen LogP contribution in [-0.2, 0) is 24.3 Å². The van der Waals surface area contributed by atoms with Crippen molar-refractivity contribution in [2.75, 3.05) is 26.0 Å². The number of nitrogens with one attached hydrogen (secondary N) is 1. The van der Waals surface area contributed by atoms with Crippen LogP contribution in [0.3, 0.4) is 0 Å². The van der Waals surface area contributed by atoms with Gasteiger partial charge in [0.2, 0.25) is 0 Å². The van der Waals surface area contributed by atoms with E-state index >= 15 is 0 Å². The SMILES string of the molecule is Cc1c(Cl)nc(NCCc2cccc(CN(C)C)c2)c(=O)n1CC(=O)O. The van der Waals surface area contributed by atoms with Crippen molar-refractivity contribution in [3.8, 4) is 0 Å². The molecule has 0 saturated heterocycles. The largest absolute Gasteiger partial charge is 0.480 e. The number of benzene rings is 1. The van der Waals surface area contributed by atoms with Gasteiger partial charge in [-0.15, -0.1) is 0 Å². The number of anilines is 1. The first-order chi connectivity index (χ1) is 12.3. The third kappa shape index (κ3) is 5.31. The predicted molar refractivity (Wildman–Crippen MR) is 102 cm³/mol. The molecule has 1 aromatic carbocycles. The van der Waals surface area contributed by atoms with Gasteiger partial charge < -0.3 is 15.3 Å². The van der Waals surface area contributed by atoms with Crippen LogP contribution in [0.25, 0.3) is 0 Å². The van der Waals surface area contributed by atoms with E-state index in [1.165, 1.54) is 5.56 Å². The minimum atomic E-state index is -1.11. The Morgan fingerprint density at radius 2 is 2.04 bits per heavy atom. The van der Waals surface area contributed by atoms with Crippen molar-refractivity contribution in [1.82, 2.24) is 14.5 Å². The van der Waals surface area contributed by atoms with Gasteiger partial charge in [-0.2, -0.15) is 0 Å². The summed E-state index contributed by atoms with van der Waals surface area (Å²) in [6.07, 6.45) is 0.701. The fourth-order valence-electron chi connectivity index (χ4n) is 2.63. The standard InChI is InChI=1S/C18H23ClN4O3/c1-12-16(19)21-17(18(26)23(12)11-15(24)25)20-8-7-13-5-4-6-14(9-13)10-22(2)3/h4-6,9H,7-8,10-11H2,1-3H3,(H,20,21)(H,24,25). The Kier molecular flexibility index (Phi) is 6.76. The van der Waals surface area contributed by atoms with Gasteiger partial charge in [0.1, 0.15) is 6.54 Å². The van der Waals surface area contributed by atoms with E-state index in [9.17, 15) is 9.59 Å². The number of nitrogens with zero attached hydrogens (tertiary/aromatic N) is 3. The van der Waals surface area contributed by atoms with Gasteiger partial charge in [0.05, 0.1) is 5.69 Å². The second-order valence-electron chi connectivity index (χ2n) is 6.36. The zero-order valence-electron chi connectivity index (χ0n) is 15.1. The molecule has 0 fully saturated rings. The molecule has 0 saturated carbocycles. The molecule has 2 N–H and O–H groups in total. The van der Waals surface area contributed by atoms with Crippen LogP contribution >= 0.6 is 11.6 Å². The second-order valence-corrected chi connectivity index (χ2v) is 6.71. The van der Waals surface area contributed by atoms with Crippen LogP contribution in [0.4, 0.5) is 5.82 Å². The average molecular weight is 379 g/mol. The zero-order chi connectivity index (χ0) is 19.3. The molecule has 1 aromatic heterocycles. The van der Waals surface area contributed by atoms with E-state index < -0.39 is 18.1 Å². The number of carbonyl (C=O) groups is 1. The van der Waals surface area contributed by atoms with Gasteiger partial charge in [-0.25, -0.2) is 4.98 Å². The maximum absolute atomic E-state index is 12.4. The van der Waals surface area contributed by atoms with Gasteiger partial charge in [0.15, 0.2) is 11.0 Å². The van der Waals surface area contributed by atoms with Crippen LogP contribution < -0.4 is 10.9 Å². The van der Waals surface area contributed by atoms with Crippen LogP contribution in [0.5, 0.6) is 0 Å². The van der Waals surface area contributed by atoms with E-state index in [4.69, 9.17) is 16.7 Å². The lowest BCUT2D eigenvalue weighted by atomic mass is 10.1. The van der Waals surface area contributed by atoms with Crippen LogP contribution in [0.15, 0.2) is 29.1 Å². The molecule has 0 unspecified atom stereocenters. The first-order valence-electron chi connectivity index (χ1n) is 8.23. The third-order valence-electron chi connectivity index (χ3n) is 3.85. The summed E-state index contributed by atoms with van der Waals surface area (Å²) in [7, 11) is 4.03. The molecule has 1 heterocycles. The van der Waals surface area contributed by atoms with E-state index in [1.54, 1.807) is 6.92 Å². The topological polar surface area (TPSA) is 87.5 Å². The Hall–Kier alpha value is -2.38. The van der Waals surface area contributed by atoms with Gasteiger partial charge in [0.25, 0.3) is 5.56 Å². The molecular formula is C18H23ClN4O3. The molecule has 7 nitrogen and oxygen atoms in total. The third-order valence-corrected chi connectivity index (χ3v) is 4.21. The van der Waals surface area contributed by atoms with Crippen LogP contribution in [0, 0.1) is 6.92 Å². The van der Waals surface area contributed by atoms with E-state index in [1.807, 2.05) is 26.2 Å². The molecule has 0 spiro atoms. The lowest BCUT2D eigenvalue weighted by Crippen LogP contribution is -2.30. The number of hydrogen-bond acceptors (Lipinski definition) is 5. The Morgan fingerprint density at radius 1 is 1.35 bits per heavy atom. The number of hydrogen-bond donors (Lipinski definition) is 2. The Bertz CT molecular complexity index is 849. The Labute approximate surface area is 157 Å². The monoisotopic (exact) mass is 378 g/mol. The summed E-state index contributed by atoms with van der Waals surface area (Å²) >= 11 is 6.03. The molecule has 0 aliphatic heterocycles.